The number of methoxy groups -OCH3 is 1. The van der Waals surface area contributed by atoms with E-state index in [-0.39, 0.29) is 0 Å². The number of nitrogens with one attached hydrogen (secondary N) is 1. The van der Waals surface area contributed by atoms with Crippen molar-refractivity contribution < 1.29 is 4.74 Å². The van der Waals surface area contributed by atoms with Crippen LogP contribution >= 0.6 is 11.3 Å². The summed E-state index contributed by atoms with van der Waals surface area (Å²) in [6.07, 6.45) is 6.57. The van der Waals surface area contributed by atoms with Crippen molar-refractivity contribution in [2.45, 2.75) is 32.6 Å². The lowest BCUT2D eigenvalue weighted by atomic mass is 9.97. The number of aryl methyl sites for hydroxylation is 3. The first-order chi connectivity index (χ1) is 12.2. The Morgan fingerprint density at radius 1 is 1.16 bits per heavy atom. The van der Waals surface area contributed by atoms with Crippen LogP contribution in [0.25, 0.3) is 10.2 Å². The smallest absolute Gasteiger partial charge is 0.158 e. The molecule has 3 aromatic rings. The molecular formula is C19H20N4OS. The number of benzene rings is 1. The molecule has 1 aliphatic carbocycles. The van der Waals surface area contributed by atoms with Crippen LogP contribution in [-0.2, 0) is 12.8 Å². The molecule has 1 N–H and O–H groups in total. The number of hydrogen-bond acceptors (Lipinski definition) is 6. The Morgan fingerprint density at radius 3 is 2.76 bits per heavy atom. The van der Waals surface area contributed by atoms with Crippen LogP contribution in [0.2, 0.25) is 0 Å². The predicted molar refractivity (Wildman–Crippen MR) is 103 cm³/mol. The molecule has 1 aliphatic rings. The van der Waals surface area contributed by atoms with Gasteiger partial charge in [0.25, 0.3) is 0 Å². The SMILES string of the molecule is COc1ccc(/C=N\Nc2nc(C)nc3sc4c(c23)CCCC4)cc1. The van der Waals surface area contributed by atoms with E-state index in [1.807, 2.05) is 31.2 Å². The lowest BCUT2D eigenvalue weighted by Crippen LogP contribution is -2.02. The molecule has 0 fully saturated rings. The van der Waals surface area contributed by atoms with Gasteiger partial charge in [0.2, 0.25) is 0 Å². The van der Waals surface area contributed by atoms with Gasteiger partial charge >= 0.3 is 0 Å². The molecule has 0 atom stereocenters. The minimum atomic E-state index is 0.772. The first kappa shape index (κ1) is 16.0. The number of hydrogen-bond donors (Lipinski definition) is 1. The van der Waals surface area contributed by atoms with E-state index in [4.69, 9.17) is 4.74 Å². The third kappa shape index (κ3) is 3.22. The average molecular weight is 352 g/mol. The van der Waals surface area contributed by atoms with Gasteiger partial charge in [0.15, 0.2) is 5.82 Å². The van der Waals surface area contributed by atoms with Gasteiger partial charge in [-0.1, -0.05) is 0 Å². The van der Waals surface area contributed by atoms with Crippen LogP contribution in [0.3, 0.4) is 0 Å². The number of fused-ring (bicyclic) bond motifs is 3. The Balaban J connectivity index is 1.64. The molecule has 0 saturated carbocycles. The average Bonchev–Trinajstić information content (AvgIpc) is 3.00. The largest absolute Gasteiger partial charge is 0.497 e. The van der Waals surface area contributed by atoms with Gasteiger partial charge in [-0.2, -0.15) is 5.10 Å². The van der Waals surface area contributed by atoms with Crippen molar-refractivity contribution in [2.75, 3.05) is 12.5 Å². The fraction of sp³-hybridized carbons (Fsp3) is 0.316. The zero-order valence-corrected chi connectivity index (χ0v) is 15.2. The molecule has 4 rings (SSSR count). The number of thiophene rings is 1. The first-order valence-corrected chi connectivity index (χ1v) is 9.28. The van der Waals surface area contributed by atoms with Crippen molar-refractivity contribution in [1.29, 1.82) is 0 Å². The maximum absolute atomic E-state index is 5.17. The molecule has 0 bridgehead atoms. The Morgan fingerprint density at radius 2 is 1.96 bits per heavy atom. The molecule has 0 radical (unpaired) electrons. The van der Waals surface area contributed by atoms with Crippen LogP contribution < -0.4 is 10.2 Å². The van der Waals surface area contributed by atoms with Gasteiger partial charge in [-0.05, 0) is 68.0 Å². The van der Waals surface area contributed by atoms with Crippen molar-refractivity contribution in [3.05, 3.63) is 46.1 Å². The molecule has 0 spiro atoms. The maximum Gasteiger partial charge on any atom is 0.158 e. The van der Waals surface area contributed by atoms with Crippen LogP contribution in [-0.4, -0.2) is 23.3 Å². The third-order valence-corrected chi connectivity index (χ3v) is 5.61. The summed E-state index contributed by atoms with van der Waals surface area (Å²) in [5.74, 6) is 2.42. The molecule has 5 nitrogen and oxygen atoms in total. The van der Waals surface area contributed by atoms with Gasteiger partial charge in [0.1, 0.15) is 16.4 Å². The van der Waals surface area contributed by atoms with Crippen molar-refractivity contribution >= 4 is 33.6 Å². The Bertz CT molecular complexity index is 931. The van der Waals surface area contributed by atoms with Gasteiger partial charge in [-0.25, -0.2) is 9.97 Å². The van der Waals surface area contributed by atoms with Crippen LogP contribution in [0.5, 0.6) is 5.75 Å². The standard InChI is InChI=1S/C19H20N4OS/c1-12-21-18(23-20-11-13-7-9-14(24-2)10-8-13)17-15-5-3-4-6-16(15)25-19(17)22-12/h7-11H,3-6H2,1-2H3,(H,21,22,23)/b20-11-. The van der Waals surface area contributed by atoms with Crippen LogP contribution in [0.15, 0.2) is 29.4 Å². The molecule has 2 aromatic heterocycles. The van der Waals surface area contributed by atoms with Gasteiger partial charge < -0.3 is 4.74 Å². The molecule has 128 valence electrons. The highest BCUT2D eigenvalue weighted by atomic mass is 32.1. The van der Waals surface area contributed by atoms with E-state index in [2.05, 4.69) is 20.5 Å². The summed E-state index contributed by atoms with van der Waals surface area (Å²) < 4.78 is 5.17. The van der Waals surface area contributed by atoms with E-state index in [0.717, 1.165) is 46.0 Å². The molecule has 25 heavy (non-hydrogen) atoms. The second-order valence-electron chi connectivity index (χ2n) is 6.15. The first-order valence-electron chi connectivity index (χ1n) is 8.46. The van der Waals surface area contributed by atoms with E-state index in [1.165, 1.54) is 23.3 Å². The Labute approximate surface area is 150 Å². The molecule has 0 amide bonds. The monoisotopic (exact) mass is 352 g/mol. The molecular weight excluding hydrogens is 332 g/mol. The summed E-state index contributed by atoms with van der Waals surface area (Å²) in [5, 5.41) is 5.54. The molecule has 6 heteroatoms. The van der Waals surface area contributed by atoms with Gasteiger partial charge in [0, 0.05) is 4.88 Å². The summed E-state index contributed by atoms with van der Waals surface area (Å²) in [6, 6.07) is 7.78. The van der Waals surface area contributed by atoms with Gasteiger partial charge in [-0.15, -0.1) is 11.3 Å². The van der Waals surface area contributed by atoms with E-state index < -0.39 is 0 Å². The highest BCUT2D eigenvalue weighted by Crippen LogP contribution is 2.38. The van der Waals surface area contributed by atoms with Crippen LogP contribution in [0.1, 0.15) is 34.7 Å². The number of aromatic nitrogens is 2. The highest BCUT2D eigenvalue weighted by molar-refractivity contribution is 7.19. The van der Waals surface area contributed by atoms with Gasteiger partial charge in [0.05, 0.1) is 18.7 Å². The minimum absolute atomic E-state index is 0.772. The Kier molecular flexibility index (Phi) is 4.36. The number of rotatable bonds is 4. The molecule has 2 heterocycles. The summed E-state index contributed by atoms with van der Waals surface area (Å²) in [4.78, 5) is 11.8. The fourth-order valence-electron chi connectivity index (χ4n) is 3.20. The minimum Gasteiger partial charge on any atom is -0.497 e. The quantitative estimate of drug-likeness (QED) is 0.561. The lowest BCUT2D eigenvalue weighted by molar-refractivity contribution is 0.415. The Hall–Kier alpha value is -2.47. The van der Waals surface area contributed by atoms with Gasteiger partial charge in [-0.3, -0.25) is 5.43 Å². The second kappa shape index (κ2) is 6.80. The number of ether oxygens (including phenoxy) is 1. The number of hydrazone groups is 1. The van der Waals surface area contributed by atoms with Crippen LogP contribution in [0, 0.1) is 6.92 Å². The fourth-order valence-corrected chi connectivity index (χ4v) is 4.51. The summed E-state index contributed by atoms with van der Waals surface area (Å²) >= 11 is 1.81. The molecule has 1 aromatic carbocycles. The number of anilines is 1. The zero-order valence-electron chi connectivity index (χ0n) is 14.4. The van der Waals surface area contributed by atoms with Crippen molar-refractivity contribution in [3.8, 4) is 5.75 Å². The number of nitrogens with zero attached hydrogens (tertiary/aromatic N) is 3. The van der Waals surface area contributed by atoms with E-state index in [1.54, 1.807) is 24.7 Å². The second-order valence-corrected chi connectivity index (χ2v) is 7.24. The van der Waals surface area contributed by atoms with E-state index in [9.17, 15) is 0 Å². The molecule has 0 saturated heterocycles. The lowest BCUT2D eigenvalue weighted by Gasteiger charge is -2.11. The third-order valence-electron chi connectivity index (χ3n) is 4.43. The molecule has 0 aliphatic heterocycles. The topological polar surface area (TPSA) is 59.4 Å². The summed E-state index contributed by atoms with van der Waals surface area (Å²) in [7, 11) is 1.66. The zero-order chi connectivity index (χ0) is 17.2. The van der Waals surface area contributed by atoms with Crippen molar-refractivity contribution in [1.82, 2.24) is 9.97 Å². The normalized spacial score (nSPS) is 14.0. The van der Waals surface area contributed by atoms with Crippen molar-refractivity contribution in [2.24, 2.45) is 5.10 Å². The molecule has 0 unspecified atom stereocenters. The maximum atomic E-state index is 5.17. The van der Waals surface area contributed by atoms with Crippen LogP contribution in [0.4, 0.5) is 5.82 Å². The highest BCUT2D eigenvalue weighted by Gasteiger charge is 2.20. The van der Waals surface area contributed by atoms with E-state index in [0.29, 0.717) is 0 Å². The predicted octanol–water partition coefficient (Wildman–Crippen LogP) is 4.33. The van der Waals surface area contributed by atoms with Crippen molar-refractivity contribution in [3.63, 3.8) is 0 Å². The summed E-state index contributed by atoms with van der Waals surface area (Å²) in [6.45, 7) is 1.93. The van der Waals surface area contributed by atoms with E-state index >= 15 is 0 Å². The summed E-state index contributed by atoms with van der Waals surface area (Å²) in [5.41, 5.74) is 5.55.